The van der Waals surface area contributed by atoms with Crippen LogP contribution in [0.1, 0.15) is 24.8 Å². The van der Waals surface area contributed by atoms with Crippen molar-refractivity contribution in [3.05, 3.63) is 28.8 Å². The van der Waals surface area contributed by atoms with Crippen molar-refractivity contribution in [2.24, 2.45) is 0 Å². The maximum Gasteiger partial charge on any atom is 0.389 e. The van der Waals surface area contributed by atoms with Crippen LogP contribution in [0, 0.1) is 0 Å². The Labute approximate surface area is 109 Å². The smallest absolute Gasteiger partial charge is 0.389 e. The molecule has 0 aromatic heterocycles. The molecule has 0 unspecified atom stereocenters. The molecule has 3 N–H and O–H groups in total. The molecular formula is C12H16ClF3N2. The number of hydrogen-bond donors (Lipinski definition) is 2. The van der Waals surface area contributed by atoms with Gasteiger partial charge in [0.15, 0.2) is 0 Å². The normalized spacial score (nSPS) is 11.8. The number of nitrogens with one attached hydrogen (secondary N) is 1. The molecule has 0 spiro atoms. The Morgan fingerprint density at radius 3 is 2.50 bits per heavy atom. The van der Waals surface area contributed by atoms with E-state index in [1.807, 2.05) is 0 Å². The van der Waals surface area contributed by atoms with Gasteiger partial charge in [-0.3, -0.25) is 0 Å². The molecule has 0 atom stereocenters. The number of nitrogens with two attached hydrogens (primary N) is 1. The minimum absolute atomic E-state index is 0.147. The molecule has 0 fully saturated rings. The van der Waals surface area contributed by atoms with Gasteiger partial charge in [-0.05, 0) is 43.1 Å². The molecule has 0 aliphatic heterocycles. The highest BCUT2D eigenvalue weighted by atomic mass is 35.5. The highest BCUT2D eigenvalue weighted by Crippen LogP contribution is 2.22. The van der Waals surface area contributed by atoms with Crippen LogP contribution in [0.2, 0.25) is 5.02 Å². The lowest BCUT2D eigenvalue weighted by Gasteiger charge is -2.08. The Hall–Kier alpha value is -0.940. The Morgan fingerprint density at radius 1 is 1.17 bits per heavy atom. The summed E-state index contributed by atoms with van der Waals surface area (Å²) in [6.07, 6.45) is -4.13. The van der Waals surface area contributed by atoms with Crippen LogP contribution in [0.15, 0.2) is 18.2 Å². The van der Waals surface area contributed by atoms with E-state index in [-0.39, 0.29) is 6.42 Å². The Bertz CT molecular complexity index is 360. The second-order valence-electron chi connectivity index (χ2n) is 4.14. The molecule has 0 heterocycles. The predicted molar refractivity (Wildman–Crippen MR) is 67.5 cm³/mol. The molecule has 0 saturated carbocycles. The zero-order valence-corrected chi connectivity index (χ0v) is 10.6. The number of benzene rings is 1. The van der Waals surface area contributed by atoms with Crippen LogP contribution >= 0.6 is 11.6 Å². The van der Waals surface area contributed by atoms with Crippen molar-refractivity contribution in [2.75, 3.05) is 12.3 Å². The second-order valence-corrected chi connectivity index (χ2v) is 4.58. The molecule has 1 aromatic carbocycles. The Morgan fingerprint density at radius 2 is 1.89 bits per heavy atom. The highest BCUT2D eigenvalue weighted by Gasteiger charge is 2.25. The van der Waals surface area contributed by atoms with E-state index in [1.54, 1.807) is 18.2 Å². The summed E-state index contributed by atoms with van der Waals surface area (Å²) >= 11 is 5.83. The third-order valence-electron chi connectivity index (χ3n) is 2.37. The first-order valence-corrected chi connectivity index (χ1v) is 6.07. The van der Waals surface area contributed by atoms with Crippen molar-refractivity contribution >= 4 is 17.3 Å². The summed E-state index contributed by atoms with van der Waals surface area (Å²) in [6.45, 7) is 1.10. The largest absolute Gasteiger partial charge is 0.399 e. The first-order valence-electron chi connectivity index (χ1n) is 5.69. The summed E-state index contributed by atoms with van der Waals surface area (Å²) in [5, 5.41) is 3.62. The molecule has 102 valence electrons. The summed E-state index contributed by atoms with van der Waals surface area (Å²) in [5.74, 6) is 0. The maximum absolute atomic E-state index is 11.9. The van der Waals surface area contributed by atoms with E-state index in [9.17, 15) is 13.2 Å². The lowest BCUT2D eigenvalue weighted by atomic mass is 10.2. The van der Waals surface area contributed by atoms with E-state index in [0.717, 1.165) is 5.56 Å². The topological polar surface area (TPSA) is 38.0 Å². The molecule has 1 rings (SSSR count). The van der Waals surface area contributed by atoms with Crippen molar-refractivity contribution in [1.29, 1.82) is 0 Å². The molecule has 0 amide bonds. The molecule has 1 aromatic rings. The summed E-state index contributed by atoms with van der Waals surface area (Å²) in [5.41, 5.74) is 7.13. The minimum atomic E-state index is -4.05. The van der Waals surface area contributed by atoms with Gasteiger partial charge in [-0.25, -0.2) is 0 Å². The van der Waals surface area contributed by atoms with E-state index < -0.39 is 12.6 Å². The number of unbranched alkanes of at least 4 members (excludes halogenated alkanes) is 1. The van der Waals surface area contributed by atoms with Gasteiger partial charge >= 0.3 is 6.18 Å². The van der Waals surface area contributed by atoms with E-state index in [4.69, 9.17) is 17.3 Å². The van der Waals surface area contributed by atoms with Crippen LogP contribution in [0.4, 0.5) is 18.9 Å². The summed E-state index contributed by atoms with van der Waals surface area (Å²) < 4.78 is 35.6. The van der Waals surface area contributed by atoms with Crippen molar-refractivity contribution in [3.63, 3.8) is 0 Å². The summed E-state index contributed by atoms with van der Waals surface area (Å²) in [4.78, 5) is 0. The van der Waals surface area contributed by atoms with E-state index >= 15 is 0 Å². The lowest BCUT2D eigenvalue weighted by Crippen LogP contribution is -2.16. The standard InChI is InChI=1S/C12H16ClF3N2/c13-10-5-9(6-11(17)7-10)8-18-4-2-1-3-12(14,15)16/h5-7,18H,1-4,8,17H2. The van der Waals surface area contributed by atoms with Gasteiger partial charge in [-0.15, -0.1) is 0 Å². The van der Waals surface area contributed by atoms with Crippen LogP contribution in [0.3, 0.4) is 0 Å². The van der Waals surface area contributed by atoms with Crippen LogP contribution < -0.4 is 11.1 Å². The van der Waals surface area contributed by atoms with Gasteiger partial charge in [0.1, 0.15) is 0 Å². The predicted octanol–water partition coefficient (Wildman–Crippen LogP) is 3.74. The summed E-state index contributed by atoms with van der Waals surface area (Å²) in [6, 6.07) is 5.21. The van der Waals surface area contributed by atoms with Crippen molar-refractivity contribution in [1.82, 2.24) is 5.32 Å². The molecule has 0 aliphatic rings. The Balaban J connectivity index is 2.18. The molecule has 0 aliphatic carbocycles. The monoisotopic (exact) mass is 280 g/mol. The van der Waals surface area contributed by atoms with Gasteiger partial charge in [0.05, 0.1) is 0 Å². The molecule has 0 bridgehead atoms. The molecular weight excluding hydrogens is 265 g/mol. The van der Waals surface area contributed by atoms with Gasteiger partial charge in [-0.2, -0.15) is 13.2 Å². The van der Waals surface area contributed by atoms with Crippen molar-refractivity contribution in [3.8, 4) is 0 Å². The highest BCUT2D eigenvalue weighted by molar-refractivity contribution is 6.30. The number of anilines is 1. The first kappa shape index (κ1) is 15.1. The fourth-order valence-electron chi connectivity index (χ4n) is 1.59. The summed E-state index contributed by atoms with van der Waals surface area (Å²) in [7, 11) is 0. The van der Waals surface area contributed by atoms with Crippen LogP contribution in [0.5, 0.6) is 0 Å². The SMILES string of the molecule is Nc1cc(Cl)cc(CNCCCCC(F)(F)F)c1. The van der Waals surface area contributed by atoms with E-state index in [1.165, 1.54) is 0 Å². The molecule has 18 heavy (non-hydrogen) atoms. The zero-order chi connectivity index (χ0) is 13.6. The Kier molecular flexibility index (Phi) is 5.75. The van der Waals surface area contributed by atoms with Crippen molar-refractivity contribution in [2.45, 2.75) is 32.0 Å². The second kappa shape index (κ2) is 6.85. The molecule has 6 heteroatoms. The van der Waals surface area contributed by atoms with Gasteiger partial charge < -0.3 is 11.1 Å². The molecule has 0 radical (unpaired) electrons. The van der Waals surface area contributed by atoms with Gasteiger partial charge in [0.2, 0.25) is 0 Å². The first-order chi connectivity index (χ1) is 8.37. The maximum atomic E-state index is 11.9. The third kappa shape index (κ3) is 6.71. The number of rotatable bonds is 6. The molecule has 2 nitrogen and oxygen atoms in total. The van der Waals surface area contributed by atoms with Gasteiger partial charge in [-0.1, -0.05) is 11.6 Å². The van der Waals surface area contributed by atoms with E-state index in [2.05, 4.69) is 5.32 Å². The van der Waals surface area contributed by atoms with Crippen molar-refractivity contribution < 1.29 is 13.2 Å². The molecule has 0 saturated heterocycles. The fourth-order valence-corrected chi connectivity index (χ4v) is 1.85. The van der Waals surface area contributed by atoms with Gasteiger partial charge in [0.25, 0.3) is 0 Å². The average molecular weight is 281 g/mol. The third-order valence-corrected chi connectivity index (χ3v) is 2.59. The number of alkyl halides is 3. The van der Waals surface area contributed by atoms with Crippen LogP contribution in [0.25, 0.3) is 0 Å². The average Bonchev–Trinajstić information content (AvgIpc) is 2.20. The van der Waals surface area contributed by atoms with Crippen LogP contribution in [-0.4, -0.2) is 12.7 Å². The quantitative estimate of drug-likeness (QED) is 0.615. The fraction of sp³-hybridized carbons (Fsp3) is 0.500. The number of nitrogen functional groups attached to an aromatic ring is 1. The lowest BCUT2D eigenvalue weighted by molar-refractivity contribution is -0.135. The minimum Gasteiger partial charge on any atom is -0.399 e. The van der Waals surface area contributed by atoms with Crippen LogP contribution in [-0.2, 0) is 6.54 Å². The zero-order valence-electron chi connectivity index (χ0n) is 9.86. The number of halogens is 4. The van der Waals surface area contributed by atoms with E-state index in [0.29, 0.717) is 30.2 Å². The van der Waals surface area contributed by atoms with Gasteiger partial charge in [0, 0.05) is 23.7 Å². The number of hydrogen-bond acceptors (Lipinski definition) is 2.